The summed E-state index contributed by atoms with van der Waals surface area (Å²) < 4.78 is 48.2. The highest BCUT2D eigenvalue weighted by Gasteiger charge is 2.25. The van der Waals surface area contributed by atoms with Crippen molar-refractivity contribution in [1.82, 2.24) is 9.03 Å². The van der Waals surface area contributed by atoms with Crippen molar-refractivity contribution in [3.05, 3.63) is 29.6 Å². The minimum absolute atomic E-state index is 0.179. The van der Waals surface area contributed by atoms with Crippen LogP contribution in [-0.2, 0) is 10.2 Å². The molecule has 0 spiro atoms. The van der Waals surface area contributed by atoms with Crippen LogP contribution in [0.25, 0.3) is 0 Å². The van der Waals surface area contributed by atoms with E-state index in [9.17, 15) is 12.8 Å². The second kappa shape index (κ2) is 8.08. The second-order valence-corrected chi connectivity index (χ2v) is 7.48. The van der Waals surface area contributed by atoms with E-state index in [1.165, 1.54) is 16.4 Å². The van der Waals surface area contributed by atoms with Gasteiger partial charge in [-0.1, -0.05) is 18.9 Å². The first-order valence-electron chi connectivity index (χ1n) is 8.13. The summed E-state index contributed by atoms with van der Waals surface area (Å²) in [6, 6.07) is 4.03. The summed E-state index contributed by atoms with van der Waals surface area (Å²) in [5.74, 6) is -0.302. The van der Waals surface area contributed by atoms with Crippen molar-refractivity contribution >= 4 is 10.2 Å². The Balaban J connectivity index is 2.08. The molecule has 1 aromatic carbocycles. The van der Waals surface area contributed by atoms with Crippen LogP contribution in [-0.4, -0.2) is 32.4 Å². The van der Waals surface area contributed by atoms with Crippen molar-refractivity contribution in [2.75, 3.05) is 19.7 Å². The lowest BCUT2D eigenvalue weighted by Crippen LogP contribution is -2.42. The fourth-order valence-electron chi connectivity index (χ4n) is 2.71. The first-order valence-corrected chi connectivity index (χ1v) is 9.57. The maximum atomic E-state index is 13.9. The quantitative estimate of drug-likeness (QED) is 0.863. The van der Waals surface area contributed by atoms with Crippen LogP contribution >= 0.6 is 0 Å². The molecule has 130 valence electrons. The van der Waals surface area contributed by atoms with Gasteiger partial charge in [-0.05, 0) is 44.4 Å². The van der Waals surface area contributed by atoms with Gasteiger partial charge in [0, 0.05) is 19.1 Å². The fraction of sp³-hybridized carbons (Fsp3) is 0.625. The summed E-state index contributed by atoms with van der Waals surface area (Å²) in [7, 11) is -3.56. The predicted molar refractivity (Wildman–Crippen MR) is 88.1 cm³/mol. The summed E-state index contributed by atoms with van der Waals surface area (Å²) in [6.07, 6.45) is 3.89. The Hall–Kier alpha value is -1.18. The van der Waals surface area contributed by atoms with Crippen LogP contribution < -0.4 is 9.46 Å². The van der Waals surface area contributed by atoms with Crippen LogP contribution in [0.15, 0.2) is 18.2 Å². The Labute approximate surface area is 138 Å². The molecule has 1 fully saturated rings. The van der Waals surface area contributed by atoms with Gasteiger partial charge in [0.25, 0.3) is 10.2 Å². The smallest absolute Gasteiger partial charge is 0.279 e. The van der Waals surface area contributed by atoms with Gasteiger partial charge in [-0.2, -0.15) is 17.4 Å². The topological polar surface area (TPSA) is 58.6 Å². The lowest BCUT2D eigenvalue weighted by Gasteiger charge is -2.23. The number of hydrogen-bond acceptors (Lipinski definition) is 3. The van der Waals surface area contributed by atoms with Crippen LogP contribution in [0.2, 0.25) is 0 Å². The maximum absolute atomic E-state index is 13.9. The van der Waals surface area contributed by atoms with E-state index in [1.807, 2.05) is 0 Å². The van der Waals surface area contributed by atoms with E-state index in [-0.39, 0.29) is 5.75 Å². The molecule has 0 aromatic heterocycles. The van der Waals surface area contributed by atoms with Crippen LogP contribution in [0.1, 0.15) is 51.1 Å². The Kier molecular flexibility index (Phi) is 6.38. The summed E-state index contributed by atoms with van der Waals surface area (Å²) in [5, 5.41) is 0. The predicted octanol–water partition coefficient (Wildman–Crippen LogP) is 3.00. The molecule has 0 aliphatic carbocycles. The van der Waals surface area contributed by atoms with Crippen molar-refractivity contribution < 1.29 is 17.5 Å². The Bertz CT molecular complexity index is 614. The van der Waals surface area contributed by atoms with Gasteiger partial charge < -0.3 is 4.74 Å². The number of halogens is 1. The summed E-state index contributed by atoms with van der Waals surface area (Å²) in [6.45, 7) is 4.96. The molecule has 1 aliphatic rings. The third-order valence-corrected chi connectivity index (χ3v) is 5.68. The van der Waals surface area contributed by atoms with E-state index in [2.05, 4.69) is 4.72 Å². The van der Waals surface area contributed by atoms with Gasteiger partial charge in [-0.15, -0.1) is 0 Å². The zero-order valence-corrected chi connectivity index (χ0v) is 14.5. The third kappa shape index (κ3) is 4.89. The van der Waals surface area contributed by atoms with E-state index >= 15 is 0 Å². The van der Waals surface area contributed by atoms with Crippen molar-refractivity contribution in [3.63, 3.8) is 0 Å². The lowest BCUT2D eigenvalue weighted by molar-refractivity contribution is 0.321. The number of hydrogen-bond donors (Lipinski definition) is 1. The van der Waals surface area contributed by atoms with Crippen molar-refractivity contribution in [2.45, 2.75) is 45.6 Å². The molecule has 0 bridgehead atoms. The average molecular weight is 344 g/mol. The Morgan fingerprint density at radius 3 is 2.48 bits per heavy atom. The number of rotatable bonds is 6. The van der Waals surface area contributed by atoms with Crippen LogP contribution in [0.5, 0.6) is 5.75 Å². The van der Waals surface area contributed by atoms with Crippen LogP contribution in [0.3, 0.4) is 0 Å². The minimum atomic E-state index is -3.56. The Morgan fingerprint density at radius 2 is 1.91 bits per heavy atom. The molecule has 0 unspecified atom stereocenters. The molecule has 0 amide bonds. The molecule has 1 aromatic rings. The second-order valence-electron chi connectivity index (χ2n) is 5.78. The van der Waals surface area contributed by atoms with Gasteiger partial charge in [0.05, 0.1) is 6.61 Å². The zero-order chi connectivity index (χ0) is 16.9. The van der Waals surface area contributed by atoms with Gasteiger partial charge in [0.2, 0.25) is 0 Å². The highest BCUT2D eigenvalue weighted by Crippen LogP contribution is 2.23. The van der Waals surface area contributed by atoms with Crippen molar-refractivity contribution in [2.24, 2.45) is 0 Å². The highest BCUT2D eigenvalue weighted by molar-refractivity contribution is 7.87. The molecule has 0 saturated carbocycles. The molecule has 5 nitrogen and oxygen atoms in total. The molecule has 23 heavy (non-hydrogen) atoms. The van der Waals surface area contributed by atoms with E-state index in [0.717, 1.165) is 25.7 Å². The summed E-state index contributed by atoms with van der Waals surface area (Å²) in [4.78, 5) is 0. The molecular formula is C16H25FN2O3S. The monoisotopic (exact) mass is 344 g/mol. The van der Waals surface area contributed by atoms with Gasteiger partial charge in [-0.25, -0.2) is 4.39 Å². The first-order chi connectivity index (χ1) is 10.9. The first kappa shape index (κ1) is 18.2. The average Bonchev–Trinajstić information content (AvgIpc) is 2.78. The van der Waals surface area contributed by atoms with Gasteiger partial charge in [0.15, 0.2) is 11.6 Å². The molecule has 1 aliphatic heterocycles. The summed E-state index contributed by atoms with van der Waals surface area (Å²) >= 11 is 0. The third-order valence-electron chi connectivity index (χ3n) is 3.99. The van der Waals surface area contributed by atoms with E-state index in [0.29, 0.717) is 25.3 Å². The Morgan fingerprint density at radius 1 is 1.26 bits per heavy atom. The molecule has 0 radical (unpaired) electrons. The zero-order valence-electron chi connectivity index (χ0n) is 13.7. The summed E-state index contributed by atoms with van der Waals surface area (Å²) in [5.41, 5.74) is 0.573. The molecule has 1 saturated heterocycles. The number of benzene rings is 1. The van der Waals surface area contributed by atoms with E-state index in [1.54, 1.807) is 19.9 Å². The lowest BCUT2D eigenvalue weighted by atomic mass is 10.1. The number of nitrogens with zero attached hydrogens (tertiary/aromatic N) is 1. The largest absolute Gasteiger partial charge is 0.491 e. The van der Waals surface area contributed by atoms with Crippen molar-refractivity contribution in [3.8, 4) is 5.75 Å². The molecule has 7 heteroatoms. The number of ether oxygens (including phenoxy) is 1. The molecular weight excluding hydrogens is 319 g/mol. The van der Waals surface area contributed by atoms with Crippen LogP contribution in [0.4, 0.5) is 4.39 Å². The number of nitrogens with one attached hydrogen (secondary N) is 1. The molecule has 2 rings (SSSR count). The van der Waals surface area contributed by atoms with Crippen LogP contribution in [0, 0.1) is 5.82 Å². The minimum Gasteiger partial charge on any atom is -0.491 e. The van der Waals surface area contributed by atoms with E-state index < -0.39 is 22.1 Å². The standard InChI is InChI=1S/C16H25FN2O3S/c1-3-22-16-9-8-14(12-15(16)17)13(2)18-23(20,21)19-10-6-4-5-7-11-19/h8-9,12-13,18H,3-7,10-11H2,1-2H3/t13-/m1/s1. The normalized spacial score (nSPS) is 18.4. The van der Waals surface area contributed by atoms with Gasteiger partial charge >= 0.3 is 0 Å². The molecule has 1 atom stereocenters. The molecule has 1 heterocycles. The van der Waals surface area contributed by atoms with Crippen molar-refractivity contribution in [1.29, 1.82) is 0 Å². The maximum Gasteiger partial charge on any atom is 0.279 e. The van der Waals surface area contributed by atoms with E-state index in [4.69, 9.17) is 4.74 Å². The fourth-order valence-corrected chi connectivity index (χ4v) is 4.18. The SMILES string of the molecule is CCOc1ccc([C@@H](C)NS(=O)(=O)N2CCCCCC2)cc1F. The van der Waals surface area contributed by atoms with Gasteiger partial charge in [0.1, 0.15) is 0 Å². The highest BCUT2D eigenvalue weighted by atomic mass is 32.2. The molecule has 1 N–H and O–H groups in total. The van der Waals surface area contributed by atoms with Gasteiger partial charge in [-0.3, -0.25) is 0 Å².